The molecule has 27 heavy (non-hydrogen) atoms. The van der Waals surface area contributed by atoms with Gasteiger partial charge >= 0.3 is 5.97 Å². The van der Waals surface area contributed by atoms with Crippen LogP contribution in [0.15, 0.2) is 41.6 Å². The third-order valence-electron chi connectivity index (χ3n) is 4.33. The smallest absolute Gasteiger partial charge is 0.338 e. The van der Waals surface area contributed by atoms with Crippen molar-refractivity contribution in [1.29, 1.82) is 0 Å². The fourth-order valence-electron chi connectivity index (χ4n) is 3.03. The summed E-state index contributed by atoms with van der Waals surface area (Å²) >= 11 is 1.67. The SMILES string of the molecule is CCOC(=O)c1ccc2c(c1)nc(SCc1cc(C)ccc1OC)n2CC. The predicted molar refractivity (Wildman–Crippen MR) is 109 cm³/mol. The maximum atomic E-state index is 12.0. The lowest BCUT2D eigenvalue weighted by Gasteiger charge is -2.10. The highest BCUT2D eigenvalue weighted by Gasteiger charge is 2.14. The minimum absolute atomic E-state index is 0.316. The van der Waals surface area contributed by atoms with Gasteiger partial charge in [0.15, 0.2) is 5.16 Å². The molecule has 1 heterocycles. The molecule has 6 heteroatoms. The van der Waals surface area contributed by atoms with E-state index in [9.17, 15) is 4.79 Å². The average molecular weight is 385 g/mol. The molecule has 0 aliphatic carbocycles. The van der Waals surface area contributed by atoms with Crippen LogP contribution < -0.4 is 4.74 Å². The molecular formula is C21H24N2O3S. The summed E-state index contributed by atoms with van der Waals surface area (Å²) in [6.07, 6.45) is 0. The molecule has 0 N–H and O–H groups in total. The summed E-state index contributed by atoms with van der Waals surface area (Å²) in [6, 6.07) is 11.7. The zero-order chi connectivity index (χ0) is 19.4. The first-order chi connectivity index (χ1) is 13.1. The lowest BCUT2D eigenvalue weighted by atomic mass is 10.1. The molecule has 0 radical (unpaired) electrons. The van der Waals surface area contributed by atoms with Gasteiger partial charge in [-0.1, -0.05) is 29.5 Å². The van der Waals surface area contributed by atoms with Crippen molar-refractivity contribution < 1.29 is 14.3 Å². The van der Waals surface area contributed by atoms with Gasteiger partial charge in [0, 0.05) is 17.9 Å². The molecule has 1 aromatic heterocycles. The van der Waals surface area contributed by atoms with Crippen molar-refractivity contribution in [3.05, 3.63) is 53.1 Å². The summed E-state index contributed by atoms with van der Waals surface area (Å²) in [6.45, 7) is 7.14. The third kappa shape index (κ3) is 4.11. The summed E-state index contributed by atoms with van der Waals surface area (Å²) in [7, 11) is 1.69. The number of thioether (sulfide) groups is 1. The van der Waals surface area contributed by atoms with Crippen LogP contribution in [0.1, 0.15) is 35.3 Å². The molecule has 0 aliphatic rings. The predicted octanol–water partition coefficient (Wildman–Crippen LogP) is 4.84. The number of carbonyl (C=O) groups is 1. The van der Waals surface area contributed by atoms with Crippen LogP contribution in [-0.2, 0) is 17.0 Å². The molecule has 0 atom stereocenters. The monoisotopic (exact) mass is 384 g/mol. The first kappa shape index (κ1) is 19.3. The second-order valence-electron chi connectivity index (χ2n) is 6.17. The van der Waals surface area contributed by atoms with E-state index in [1.165, 1.54) is 5.56 Å². The summed E-state index contributed by atoms with van der Waals surface area (Å²) in [5.74, 6) is 1.33. The maximum Gasteiger partial charge on any atom is 0.338 e. The van der Waals surface area contributed by atoms with Crippen molar-refractivity contribution in [3.63, 3.8) is 0 Å². The van der Waals surface area contributed by atoms with Crippen molar-refractivity contribution in [1.82, 2.24) is 9.55 Å². The Kier molecular flexibility index (Phi) is 6.06. The molecule has 2 aromatic carbocycles. The maximum absolute atomic E-state index is 12.0. The zero-order valence-corrected chi connectivity index (χ0v) is 16.9. The Morgan fingerprint density at radius 2 is 2.00 bits per heavy atom. The molecule has 0 amide bonds. The van der Waals surface area contributed by atoms with Crippen LogP contribution in [0.4, 0.5) is 0 Å². The van der Waals surface area contributed by atoms with Crippen LogP contribution >= 0.6 is 11.8 Å². The molecule has 0 bridgehead atoms. The molecule has 0 spiro atoms. The minimum atomic E-state index is -0.316. The average Bonchev–Trinajstić information content (AvgIpc) is 3.03. The van der Waals surface area contributed by atoms with E-state index in [4.69, 9.17) is 14.5 Å². The Morgan fingerprint density at radius 3 is 2.70 bits per heavy atom. The van der Waals surface area contributed by atoms with E-state index in [1.807, 2.05) is 18.2 Å². The number of hydrogen-bond acceptors (Lipinski definition) is 5. The number of esters is 1. The van der Waals surface area contributed by atoms with Crippen molar-refractivity contribution in [2.24, 2.45) is 0 Å². The Balaban J connectivity index is 1.90. The quantitative estimate of drug-likeness (QED) is 0.431. The number of benzene rings is 2. The topological polar surface area (TPSA) is 53.4 Å². The molecular weight excluding hydrogens is 360 g/mol. The number of nitrogens with zero attached hydrogens (tertiary/aromatic N) is 2. The van der Waals surface area contributed by atoms with E-state index in [1.54, 1.807) is 37.9 Å². The van der Waals surface area contributed by atoms with Crippen LogP contribution in [0.2, 0.25) is 0 Å². The van der Waals surface area contributed by atoms with Crippen LogP contribution in [0.25, 0.3) is 11.0 Å². The van der Waals surface area contributed by atoms with Crippen LogP contribution in [0, 0.1) is 6.92 Å². The lowest BCUT2D eigenvalue weighted by molar-refractivity contribution is 0.0526. The van der Waals surface area contributed by atoms with Gasteiger partial charge in [-0.25, -0.2) is 9.78 Å². The molecule has 3 rings (SSSR count). The lowest BCUT2D eigenvalue weighted by Crippen LogP contribution is -2.04. The van der Waals surface area contributed by atoms with Crippen LogP contribution in [0.5, 0.6) is 5.75 Å². The summed E-state index contributed by atoms with van der Waals surface area (Å²) in [4.78, 5) is 16.7. The van der Waals surface area contributed by atoms with Gasteiger partial charge in [0.2, 0.25) is 0 Å². The van der Waals surface area contributed by atoms with E-state index in [-0.39, 0.29) is 5.97 Å². The first-order valence-corrected chi connectivity index (χ1v) is 9.99. The van der Waals surface area contributed by atoms with Gasteiger partial charge < -0.3 is 14.0 Å². The molecule has 0 fully saturated rings. The second-order valence-corrected chi connectivity index (χ2v) is 7.11. The highest BCUT2D eigenvalue weighted by atomic mass is 32.2. The minimum Gasteiger partial charge on any atom is -0.496 e. The molecule has 0 aliphatic heterocycles. The summed E-state index contributed by atoms with van der Waals surface area (Å²) < 4.78 is 12.7. The Labute approximate surface area is 163 Å². The van der Waals surface area contributed by atoms with Crippen molar-refractivity contribution in [2.75, 3.05) is 13.7 Å². The van der Waals surface area contributed by atoms with Gasteiger partial charge in [-0.3, -0.25) is 0 Å². The number of rotatable bonds is 7. The Morgan fingerprint density at radius 1 is 1.19 bits per heavy atom. The zero-order valence-electron chi connectivity index (χ0n) is 16.1. The highest BCUT2D eigenvalue weighted by Crippen LogP contribution is 2.31. The molecule has 3 aromatic rings. The van der Waals surface area contributed by atoms with E-state index in [2.05, 4.69) is 24.5 Å². The fourth-order valence-corrected chi connectivity index (χ4v) is 4.08. The number of aryl methyl sites for hydroxylation is 2. The molecule has 142 valence electrons. The van der Waals surface area contributed by atoms with Gasteiger partial charge in [-0.2, -0.15) is 0 Å². The van der Waals surface area contributed by atoms with E-state index in [0.717, 1.165) is 39.8 Å². The van der Waals surface area contributed by atoms with Crippen molar-refractivity contribution in [2.45, 2.75) is 38.2 Å². The van der Waals surface area contributed by atoms with Crippen molar-refractivity contribution in [3.8, 4) is 5.75 Å². The number of hydrogen-bond donors (Lipinski definition) is 0. The Hall–Kier alpha value is -2.47. The number of fused-ring (bicyclic) bond motifs is 1. The standard InChI is InChI=1S/C21H24N2O3S/c1-5-23-18-9-8-15(20(24)26-6-2)12-17(18)22-21(23)27-13-16-11-14(3)7-10-19(16)25-4/h7-12H,5-6,13H2,1-4H3. The number of methoxy groups -OCH3 is 1. The van der Waals surface area contributed by atoms with Gasteiger partial charge in [-0.15, -0.1) is 0 Å². The molecule has 0 saturated carbocycles. The fraction of sp³-hybridized carbons (Fsp3) is 0.333. The third-order valence-corrected chi connectivity index (χ3v) is 5.36. The molecule has 0 unspecified atom stereocenters. The Bertz CT molecular complexity index is 965. The molecule has 5 nitrogen and oxygen atoms in total. The first-order valence-electron chi connectivity index (χ1n) is 9.01. The van der Waals surface area contributed by atoms with Crippen molar-refractivity contribution >= 4 is 28.8 Å². The number of ether oxygens (including phenoxy) is 2. The summed E-state index contributed by atoms with van der Waals surface area (Å²) in [5.41, 5.74) is 4.70. The van der Waals surface area contributed by atoms with Gasteiger partial charge in [0.25, 0.3) is 0 Å². The normalized spacial score (nSPS) is 11.0. The molecule has 0 saturated heterocycles. The highest BCUT2D eigenvalue weighted by molar-refractivity contribution is 7.98. The number of aromatic nitrogens is 2. The summed E-state index contributed by atoms with van der Waals surface area (Å²) in [5, 5.41) is 0.928. The van der Waals surface area contributed by atoms with E-state index < -0.39 is 0 Å². The van der Waals surface area contributed by atoms with E-state index >= 15 is 0 Å². The second kappa shape index (κ2) is 8.48. The number of carbonyl (C=O) groups excluding carboxylic acids is 1. The van der Waals surface area contributed by atoms with Gasteiger partial charge in [0.05, 0.1) is 30.3 Å². The van der Waals surface area contributed by atoms with Crippen LogP contribution in [-0.4, -0.2) is 29.2 Å². The number of imidazole rings is 1. The van der Waals surface area contributed by atoms with E-state index in [0.29, 0.717) is 12.2 Å². The van der Waals surface area contributed by atoms with Gasteiger partial charge in [-0.05, 0) is 45.0 Å². The largest absolute Gasteiger partial charge is 0.496 e. The van der Waals surface area contributed by atoms with Crippen LogP contribution in [0.3, 0.4) is 0 Å². The van der Waals surface area contributed by atoms with Gasteiger partial charge in [0.1, 0.15) is 5.75 Å².